The van der Waals surface area contributed by atoms with Crippen LogP contribution in [-0.4, -0.2) is 27.1 Å². The molecule has 0 unspecified atom stereocenters. The third-order valence-electron chi connectivity index (χ3n) is 4.18. The van der Waals surface area contributed by atoms with Crippen LogP contribution in [0, 0.1) is 5.82 Å². The second-order valence-electron chi connectivity index (χ2n) is 6.33. The van der Waals surface area contributed by atoms with E-state index in [9.17, 15) is 17.6 Å². The maximum Gasteiger partial charge on any atom is 0.241 e. The lowest BCUT2D eigenvalue weighted by Crippen LogP contribution is -2.40. The lowest BCUT2D eigenvalue weighted by Gasteiger charge is -2.22. The molecule has 1 N–H and O–H groups in total. The van der Waals surface area contributed by atoms with Gasteiger partial charge in [-0.3, -0.25) is 9.10 Å². The van der Waals surface area contributed by atoms with Gasteiger partial charge < -0.3 is 5.32 Å². The fraction of sp³-hybridized carbons (Fsp3) is 0.150. The van der Waals surface area contributed by atoms with Gasteiger partial charge in [0.1, 0.15) is 12.4 Å². The zero-order valence-corrected chi connectivity index (χ0v) is 16.6. The minimum absolute atomic E-state index is 0.120. The molecule has 0 saturated heterocycles. The van der Waals surface area contributed by atoms with Crippen LogP contribution in [-0.2, 0) is 21.4 Å². The number of carbonyl (C=O) groups excluding carboxylic acids is 1. The summed E-state index contributed by atoms with van der Waals surface area (Å²) < 4.78 is 38.4. The van der Waals surface area contributed by atoms with Crippen molar-refractivity contribution in [2.24, 2.45) is 0 Å². The second kappa shape index (κ2) is 8.16. The largest absolute Gasteiger partial charge is 0.350 e. The van der Waals surface area contributed by atoms with Gasteiger partial charge in [-0.15, -0.1) is 0 Å². The predicted molar refractivity (Wildman–Crippen MR) is 109 cm³/mol. The molecule has 0 saturated carbocycles. The van der Waals surface area contributed by atoms with Crippen molar-refractivity contribution in [3.05, 3.63) is 77.1 Å². The number of benzene rings is 3. The maximum atomic E-state index is 13.4. The highest BCUT2D eigenvalue weighted by Crippen LogP contribution is 2.24. The number of carbonyl (C=O) groups is 1. The molecule has 0 aliphatic carbocycles. The van der Waals surface area contributed by atoms with Crippen molar-refractivity contribution in [2.45, 2.75) is 6.54 Å². The van der Waals surface area contributed by atoms with E-state index in [0.29, 0.717) is 0 Å². The van der Waals surface area contributed by atoms with E-state index >= 15 is 0 Å². The van der Waals surface area contributed by atoms with Crippen molar-refractivity contribution >= 4 is 44.0 Å². The minimum atomic E-state index is -3.76. The van der Waals surface area contributed by atoms with Crippen LogP contribution in [0.15, 0.2) is 60.7 Å². The van der Waals surface area contributed by atoms with E-state index in [1.807, 2.05) is 42.5 Å². The number of hydrogen-bond donors (Lipinski definition) is 1. The summed E-state index contributed by atoms with van der Waals surface area (Å²) in [5.74, 6) is -1.15. The summed E-state index contributed by atoms with van der Waals surface area (Å²) in [6.07, 6.45) is 0.973. The van der Waals surface area contributed by atoms with Gasteiger partial charge in [0.15, 0.2) is 0 Å². The van der Waals surface area contributed by atoms with Crippen LogP contribution in [0.5, 0.6) is 0 Å². The van der Waals surface area contributed by atoms with Crippen LogP contribution in [0.25, 0.3) is 10.8 Å². The lowest BCUT2D eigenvalue weighted by atomic mass is 10.1. The molecule has 0 atom stereocenters. The molecule has 0 aliphatic rings. The fourth-order valence-electron chi connectivity index (χ4n) is 2.78. The molecule has 8 heteroatoms. The number of hydrogen-bond acceptors (Lipinski definition) is 3. The number of amides is 1. The first-order valence-electron chi connectivity index (χ1n) is 8.41. The SMILES string of the molecule is CS(=O)(=O)N(CC(=O)NCc1ccc2ccccc2c1)c1ccc(F)c(Cl)c1. The topological polar surface area (TPSA) is 66.5 Å². The molecule has 3 rings (SSSR count). The van der Waals surface area contributed by atoms with Gasteiger partial charge in [-0.2, -0.15) is 0 Å². The van der Waals surface area contributed by atoms with Crippen molar-refractivity contribution < 1.29 is 17.6 Å². The molecule has 0 spiro atoms. The van der Waals surface area contributed by atoms with Crippen molar-refractivity contribution in [3.8, 4) is 0 Å². The highest BCUT2D eigenvalue weighted by Gasteiger charge is 2.21. The minimum Gasteiger partial charge on any atom is -0.350 e. The zero-order valence-electron chi connectivity index (χ0n) is 15.0. The second-order valence-corrected chi connectivity index (χ2v) is 8.64. The molecule has 5 nitrogen and oxygen atoms in total. The average molecular weight is 421 g/mol. The summed E-state index contributed by atoms with van der Waals surface area (Å²) in [4.78, 5) is 12.3. The quantitative estimate of drug-likeness (QED) is 0.661. The Hall–Kier alpha value is -2.64. The number of fused-ring (bicyclic) bond motifs is 1. The number of halogens is 2. The number of sulfonamides is 1. The smallest absolute Gasteiger partial charge is 0.241 e. The first-order valence-corrected chi connectivity index (χ1v) is 10.6. The van der Waals surface area contributed by atoms with Crippen LogP contribution < -0.4 is 9.62 Å². The standard InChI is InChI=1S/C20H18ClFN2O3S/c1-28(26,27)24(17-8-9-19(22)18(21)11-17)13-20(25)23-12-14-6-7-15-4-2-3-5-16(15)10-14/h2-11H,12-13H2,1H3,(H,23,25). The molecule has 1 amide bonds. The zero-order chi connectivity index (χ0) is 20.3. The number of anilines is 1. The van der Waals surface area contributed by atoms with E-state index < -0.39 is 28.3 Å². The third-order valence-corrected chi connectivity index (χ3v) is 5.61. The molecule has 0 bridgehead atoms. The number of nitrogens with zero attached hydrogens (tertiary/aromatic N) is 1. The Balaban J connectivity index is 1.72. The fourth-order valence-corrected chi connectivity index (χ4v) is 3.80. The molecule has 0 heterocycles. The van der Waals surface area contributed by atoms with Crippen LogP contribution in [0.2, 0.25) is 5.02 Å². The average Bonchev–Trinajstić information content (AvgIpc) is 2.65. The van der Waals surface area contributed by atoms with E-state index in [2.05, 4.69) is 5.32 Å². The summed E-state index contributed by atoms with van der Waals surface area (Å²) in [7, 11) is -3.76. The Kier molecular flexibility index (Phi) is 5.86. The van der Waals surface area contributed by atoms with Crippen molar-refractivity contribution in [1.29, 1.82) is 0 Å². The Morgan fingerprint density at radius 2 is 1.79 bits per heavy atom. The van der Waals surface area contributed by atoms with Gasteiger partial charge in [-0.1, -0.05) is 48.0 Å². The Bertz CT molecular complexity index is 1140. The van der Waals surface area contributed by atoms with Crippen molar-refractivity contribution in [2.75, 3.05) is 17.1 Å². The van der Waals surface area contributed by atoms with Gasteiger partial charge in [0.2, 0.25) is 15.9 Å². The summed E-state index contributed by atoms with van der Waals surface area (Å²) in [5, 5.41) is 4.63. The maximum absolute atomic E-state index is 13.4. The highest BCUT2D eigenvalue weighted by atomic mass is 35.5. The van der Waals surface area contributed by atoms with Crippen molar-refractivity contribution in [1.82, 2.24) is 5.32 Å². The van der Waals surface area contributed by atoms with Gasteiger partial charge in [-0.05, 0) is 40.6 Å². The van der Waals surface area contributed by atoms with Gasteiger partial charge in [0, 0.05) is 6.54 Å². The Labute approximate surface area is 167 Å². The first kappa shape index (κ1) is 20.1. The van der Waals surface area contributed by atoms with Gasteiger partial charge in [0.05, 0.1) is 17.0 Å². The van der Waals surface area contributed by atoms with Gasteiger partial charge in [-0.25, -0.2) is 12.8 Å². The van der Waals surface area contributed by atoms with Crippen LogP contribution >= 0.6 is 11.6 Å². The van der Waals surface area contributed by atoms with E-state index in [1.54, 1.807) is 0 Å². The molecule has 3 aromatic carbocycles. The lowest BCUT2D eigenvalue weighted by molar-refractivity contribution is -0.119. The Morgan fingerprint density at radius 3 is 2.46 bits per heavy atom. The number of rotatable bonds is 6. The van der Waals surface area contributed by atoms with Crippen LogP contribution in [0.1, 0.15) is 5.56 Å². The molecule has 146 valence electrons. The van der Waals surface area contributed by atoms with Crippen LogP contribution in [0.3, 0.4) is 0 Å². The van der Waals surface area contributed by atoms with Crippen molar-refractivity contribution in [3.63, 3.8) is 0 Å². The summed E-state index contributed by atoms with van der Waals surface area (Å²) in [6, 6.07) is 17.2. The summed E-state index contributed by atoms with van der Waals surface area (Å²) >= 11 is 5.74. The molecule has 0 aliphatic heterocycles. The predicted octanol–water partition coefficient (Wildman–Crippen LogP) is 3.71. The van der Waals surface area contributed by atoms with E-state index in [4.69, 9.17) is 11.6 Å². The number of nitrogens with one attached hydrogen (secondary N) is 1. The normalized spacial score (nSPS) is 11.4. The molecular formula is C20H18ClFN2O3S. The molecule has 0 fully saturated rings. The highest BCUT2D eigenvalue weighted by molar-refractivity contribution is 7.92. The molecule has 3 aromatic rings. The molecule has 0 radical (unpaired) electrons. The van der Waals surface area contributed by atoms with E-state index in [-0.39, 0.29) is 17.3 Å². The van der Waals surface area contributed by atoms with E-state index in [1.165, 1.54) is 12.1 Å². The first-order chi connectivity index (χ1) is 13.2. The molecular weight excluding hydrogens is 403 g/mol. The summed E-state index contributed by atoms with van der Waals surface area (Å²) in [5.41, 5.74) is 1.01. The van der Waals surface area contributed by atoms with Gasteiger partial charge in [0.25, 0.3) is 0 Å². The van der Waals surface area contributed by atoms with Crippen LogP contribution in [0.4, 0.5) is 10.1 Å². The molecule has 0 aromatic heterocycles. The van der Waals surface area contributed by atoms with E-state index in [0.717, 1.165) is 33.0 Å². The van der Waals surface area contributed by atoms with Gasteiger partial charge >= 0.3 is 0 Å². The monoisotopic (exact) mass is 420 g/mol. The third kappa shape index (κ3) is 4.79. The summed E-state index contributed by atoms with van der Waals surface area (Å²) in [6.45, 7) is -0.181. The molecule has 28 heavy (non-hydrogen) atoms. The Morgan fingerprint density at radius 1 is 1.07 bits per heavy atom.